The van der Waals surface area contributed by atoms with Gasteiger partial charge in [0.1, 0.15) is 0 Å². The van der Waals surface area contributed by atoms with E-state index in [1.54, 1.807) is 0 Å². The third-order valence-electron chi connectivity index (χ3n) is 0.496. The Morgan fingerprint density at radius 1 is 1.00 bits per heavy atom. The zero-order chi connectivity index (χ0) is 3.54. The standard InChI is InChI=1S/C4H5N.V/c1-2-4-5-3-1;/h1-5H;. The van der Waals surface area contributed by atoms with Crippen LogP contribution in [-0.2, 0) is 18.6 Å². The molecule has 1 radical (unpaired) electrons. The van der Waals surface area contributed by atoms with Gasteiger partial charge in [-0.2, -0.15) is 0 Å². The van der Waals surface area contributed by atoms with E-state index in [0.29, 0.717) is 0 Å². The first-order chi connectivity index (χ1) is 2.50. The zero-order valence-corrected chi connectivity index (χ0v) is 4.65. The molecule has 1 aromatic rings. The largest absolute Gasteiger partial charge is 0.368 e. The number of hydrogen-bond acceptors (Lipinski definition) is 0. The molecule has 2 heteroatoms. The fourth-order valence-electron chi connectivity index (χ4n) is 0.278. The van der Waals surface area contributed by atoms with Crippen LogP contribution in [0.2, 0.25) is 0 Å². The second kappa shape index (κ2) is 3.07. The fraction of sp³-hybridized carbons (Fsp3) is 0. The molecule has 0 amide bonds. The second-order valence-electron chi connectivity index (χ2n) is 0.885. The van der Waals surface area contributed by atoms with E-state index in [9.17, 15) is 0 Å². The second-order valence-corrected chi connectivity index (χ2v) is 0.885. The molecule has 0 aromatic carbocycles. The molecule has 0 atom stereocenters. The van der Waals surface area contributed by atoms with Crippen LogP contribution in [0.3, 0.4) is 0 Å². The summed E-state index contributed by atoms with van der Waals surface area (Å²) in [7, 11) is 0. The molecule has 1 rings (SSSR count). The van der Waals surface area contributed by atoms with E-state index in [0.717, 1.165) is 0 Å². The van der Waals surface area contributed by atoms with E-state index in [2.05, 4.69) is 4.98 Å². The van der Waals surface area contributed by atoms with E-state index in [-0.39, 0.29) is 18.6 Å². The number of nitrogens with one attached hydrogen (secondary N) is 1. The number of aromatic nitrogens is 1. The Bertz CT molecular complexity index is 64.0. The van der Waals surface area contributed by atoms with Crippen LogP contribution < -0.4 is 0 Å². The van der Waals surface area contributed by atoms with Crippen molar-refractivity contribution in [1.29, 1.82) is 0 Å². The summed E-state index contributed by atoms with van der Waals surface area (Å²) in [6.07, 6.45) is 3.75. The minimum atomic E-state index is 0. The molecule has 0 saturated carbocycles. The molecule has 0 aliphatic carbocycles. The van der Waals surface area contributed by atoms with Gasteiger partial charge >= 0.3 is 0 Å². The van der Waals surface area contributed by atoms with Crippen molar-refractivity contribution >= 4 is 0 Å². The Labute approximate surface area is 48.6 Å². The van der Waals surface area contributed by atoms with Gasteiger partial charge < -0.3 is 4.98 Å². The van der Waals surface area contributed by atoms with Crippen molar-refractivity contribution in [3.05, 3.63) is 24.5 Å². The average Bonchev–Trinajstić information content (AvgIpc) is 1.76. The maximum Gasteiger partial charge on any atom is 0.000496 e. The van der Waals surface area contributed by atoms with E-state index in [1.165, 1.54) is 0 Å². The van der Waals surface area contributed by atoms with Gasteiger partial charge in [-0.3, -0.25) is 0 Å². The van der Waals surface area contributed by atoms with Crippen LogP contribution in [0, 0.1) is 0 Å². The minimum Gasteiger partial charge on any atom is -0.368 e. The smallest absolute Gasteiger partial charge is 0.000496 e. The monoisotopic (exact) mass is 118 g/mol. The molecular formula is C4H5NV. The van der Waals surface area contributed by atoms with E-state index in [1.807, 2.05) is 24.5 Å². The number of hydrogen-bond donors (Lipinski definition) is 1. The molecule has 0 spiro atoms. The summed E-state index contributed by atoms with van der Waals surface area (Å²) in [5.41, 5.74) is 0. The summed E-state index contributed by atoms with van der Waals surface area (Å²) in [6, 6.07) is 3.89. The van der Waals surface area contributed by atoms with Gasteiger partial charge in [-0.1, -0.05) is 0 Å². The maximum atomic E-state index is 2.86. The van der Waals surface area contributed by atoms with Crippen LogP contribution in [0.1, 0.15) is 0 Å². The van der Waals surface area contributed by atoms with Crippen molar-refractivity contribution in [2.24, 2.45) is 0 Å². The van der Waals surface area contributed by atoms with Crippen molar-refractivity contribution in [2.45, 2.75) is 0 Å². The molecule has 1 aromatic heterocycles. The van der Waals surface area contributed by atoms with Gasteiger partial charge in [0.2, 0.25) is 0 Å². The molecule has 0 bridgehead atoms. The average molecular weight is 118 g/mol. The van der Waals surface area contributed by atoms with E-state index < -0.39 is 0 Å². The van der Waals surface area contributed by atoms with E-state index >= 15 is 0 Å². The number of rotatable bonds is 0. The van der Waals surface area contributed by atoms with Gasteiger partial charge in [0.25, 0.3) is 0 Å². The van der Waals surface area contributed by atoms with Crippen LogP contribution >= 0.6 is 0 Å². The molecule has 0 saturated heterocycles. The van der Waals surface area contributed by atoms with Crippen molar-refractivity contribution in [2.75, 3.05) is 0 Å². The topological polar surface area (TPSA) is 15.8 Å². The van der Waals surface area contributed by atoms with Crippen molar-refractivity contribution < 1.29 is 18.6 Å². The Morgan fingerprint density at radius 3 is 1.67 bits per heavy atom. The van der Waals surface area contributed by atoms with Crippen LogP contribution in [0.4, 0.5) is 0 Å². The molecule has 31 valence electrons. The summed E-state index contributed by atoms with van der Waals surface area (Å²) < 4.78 is 0. The number of H-pyrrole nitrogens is 1. The first-order valence-electron chi connectivity index (χ1n) is 1.58. The van der Waals surface area contributed by atoms with Gasteiger partial charge in [-0.05, 0) is 12.1 Å². The molecule has 1 N–H and O–H groups in total. The normalized spacial score (nSPS) is 6.67. The van der Waals surface area contributed by atoms with Crippen LogP contribution in [-0.4, -0.2) is 4.98 Å². The molecule has 1 nitrogen and oxygen atoms in total. The summed E-state index contributed by atoms with van der Waals surface area (Å²) in [6.45, 7) is 0. The van der Waals surface area contributed by atoms with Crippen molar-refractivity contribution in [1.82, 2.24) is 4.98 Å². The molecule has 0 fully saturated rings. The van der Waals surface area contributed by atoms with Gasteiger partial charge in [-0.15, -0.1) is 0 Å². The van der Waals surface area contributed by atoms with Gasteiger partial charge in [0, 0.05) is 30.9 Å². The molecule has 0 unspecified atom stereocenters. The molecule has 1 heterocycles. The summed E-state index contributed by atoms with van der Waals surface area (Å²) >= 11 is 0. The molecule has 6 heavy (non-hydrogen) atoms. The maximum absolute atomic E-state index is 2.86. The minimum absolute atomic E-state index is 0. The Morgan fingerprint density at radius 2 is 1.50 bits per heavy atom. The number of aromatic amines is 1. The summed E-state index contributed by atoms with van der Waals surface area (Å²) in [5, 5.41) is 0. The Kier molecular flexibility index (Phi) is 3.00. The zero-order valence-electron chi connectivity index (χ0n) is 3.26. The first kappa shape index (κ1) is 5.86. The predicted molar refractivity (Wildman–Crippen MR) is 20.8 cm³/mol. The quantitative estimate of drug-likeness (QED) is 0.523. The van der Waals surface area contributed by atoms with Gasteiger partial charge in [0.15, 0.2) is 0 Å². The van der Waals surface area contributed by atoms with Crippen LogP contribution in [0.25, 0.3) is 0 Å². The fourth-order valence-corrected chi connectivity index (χ4v) is 0.278. The van der Waals surface area contributed by atoms with Gasteiger partial charge in [-0.25, -0.2) is 0 Å². The first-order valence-corrected chi connectivity index (χ1v) is 1.58. The summed E-state index contributed by atoms with van der Waals surface area (Å²) in [4.78, 5) is 2.86. The molecule has 0 aliphatic heterocycles. The third kappa shape index (κ3) is 1.34. The van der Waals surface area contributed by atoms with E-state index in [4.69, 9.17) is 0 Å². The summed E-state index contributed by atoms with van der Waals surface area (Å²) in [5.74, 6) is 0. The SMILES string of the molecule is [V].c1cc[nH]c1. The van der Waals surface area contributed by atoms with Crippen LogP contribution in [0.15, 0.2) is 24.5 Å². The third-order valence-corrected chi connectivity index (χ3v) is 0.496. The van der Waals surface area contributed by atoms with Crippen molar-refractivity contribution in [3.63, 3.8) is 0 Å². The molecule has 0 aliphatic rings. The Balaban J connectivity index is 0.000000250. The predicted octanol–water partition coefficient (Wildman–Crippen LogP) is 1.01. The Hall–Kier alpha value is -0.136. The molecular weight excluding hydrogens is 113 g/mol. The van der Waals surface area contributed by atoms with Crippen molar-refractivity contribution in [3.8, 4) is 0 Å². The van der Waals surface area contributed by atoms with Gasteiger partial charge in [0.05, 0.1) is 0 Å². The van der Waals surface area contributed by atoms with Crippen LogP contribution in [0.5, 0.6) is 0 Å².